The Morgan fingerprint density at radius 2 is 1.87 bits per heavy atom. The van der Waals surface area contributed by atoms with E-state index in [0.717, 1.165) is 34.0 Å². The van der Waals surface area contributed by atoms with Crippen LogP contribution >= 0.6 is 11.6 Å². The van der Waals surface area contributed by atoms with Crippen LogP contribution in [0.15, 0.2) is 91.1 Å². The third-order valence-corrected chi connectivity index (χ3v) is 7.41. The van der Waals surface area contributed by atoms with Crippen molar-refractivity contribution in [1.29, 1.82) is 0 Å². The normalized spacial score (nSPS) is 14.5. The third kappa shape index (κ3) is 4.49. The molecule has 5 aromatic rings. The van der Waals surface area contributed by atoms with Crippen molar-refractivity contribution in [3.05, 3.63) is 130 Å². The summed E-state index contributed by atoms with van der Waals surface area (Å²) in [6.45, 7) is 4.27. The number of hydrogen-bond acceptors (Lipinski definition) is 2. The number of urea groups is 1. The van der Waals surface area contributed by atoms with Gasteiger partial charge in [0.15, 0.2) is 0 Å². The molecule has 2 aromatic heterocycles. The van der Waals surface area contributed by atoms with Gasteiger partial charge in [0.1, 0.15) is 11.6 Å². The smallest absolute Gasteiger partial charge is 0.307 e. The molecule has 2 amide bonds. The second kappa shape index (κ2) is 10.1. The van der Waals surface area contributed by atoms with Crippen LogP contribution in [-0.2, 0) is 13.0 Å². The molecule has 0 saturated heterocycles. The highest BCUT2D eigenvalue weighted by molar-refractivity contribution is 6.33. The monoisotopic (exact) mass is 539 g/mol. The van der Waals surface area contributed by atoms with Gasteiger partial charge in [-0.3, -0.25) is 0 Å². The summed E-state index contributed by atoms with van der Waals surface area (Å²) in [4.78, 5) is 15.8. The molecule has 1 N–H and O–H groups in total. The lowest BCUT2D eigenvalue weighted by atomic mass is 10.0. The van der Waals surface area contributed by atoms with E-state index in [2.05, 4.69) is 16.8 Å². The fraction of sp³-hybridized carbons (Fsp3) is 0.161. The summed E-state index contributed by atoms with van der Waals surface area (Å²) in [5.74, 6) is 0.502. The summed E-state index contributed by atoms with van der Waals surface area (Å²) in [6, 6.07) is 24.9. The number of anilines is 1. The second-order valence-electron chi connectivity index (χ2n) is 9.65. The summed E-state index contributed by atoms with van der Waals surface area (Å²) in [7, 11) is 0. The van der Waals surface area contributed by atoms with Crippen molar-refractivity contribution in [2.45, 2.75) is 32.9 Å². The van der Waals surface area contributed by atoms with Gasteiger partial charge < -0.3 is 14.8 Å². The van der Waals surface area contributed by atoms with Gasteiger partial charge in [-0.15, -0.1) is 0 Å². The average Bonchev–Trinajstić information content (AvgIpc) is 3.51. The predicted molar refractivity (Wildman–Crippen MR) is 151 cm³/mol. The number of fused-ring (bicyclic) bond motifs is 3. The fourth-order valence-electron chi connectivity index (χ4n) is 5.28. The average molecular weight is 540 g/mol. The topological polar surface area (TPSA) is 55.1 Å². The van der Waals surface area contributed by atoms with E-state index in [1.807, 2.05) is 78.5 Å². The van der Waals surface area contributed by atoms with E-state index in [4.69, 9.17) is 16.7 Å². The number of halogens is 2. The first-order valence-corrected chi connectivity index (χ1v) is 13.3. The molecule has 0 saturated carbocycles. The molecule has 8 heteroatoms. The number of aromatic nitrogens is 3. The molecule has 1 unspecified atom stereocenters. The first kappa shape index (κ1) is 24.9. The highest BCUT2D eigenvalue weighted by atomic mass is 35.5. The van der Waals surface area contributed by atoms with Crippen LogP contribution in [0.1, 0.15) is 41.0 Å². The first-order valence-electron chi connectivity index (χ1n) is 12.9. The van der Waals surface area contributed by atoms with Crippen molar-refractivity contribution in [1.82, 2.24) is 19.2 Å². The van der Waals surface area contributed by atoms with E-state index in [-0.39, 0.29) is 18.4 Å². The van der Waals surface area contributed by atoms with E-state index in [0.29, 0.717) is 22.7 Å². The molecule has 6 rings (SSSR count). The number of para-hydroxylation sites is 1. The van der Waals surface area contributed by atoms with Gasteiger partial charge >= 0.3 is 6.03 Å². The van der Waals surface area contributed by atoms with Crippen LogP contribution in [0.5, 0.6) is 0 Å². The summed E-state index contributed by atoms with van der Waals surface area (Å²) >= 11 is 6.48. The van der Waals surface area contributed by atoms with Crippen molar-refractivity contribution in [2.24, 2.45) is 0 Å². The van der Waals surface area contributed by atoms with Crippen LogP contribution in [-0.4, -0.2) is 25.3 Å². The number of aryl methyl sites for hydroxylation is 2. The third-order valence-electron chi connectivity index (χ3n) is 7.10. The molecular formula is C31H27ClFN5O. The number of benzene rings is 3. The van der Waals surface area contributed by atoms with Crippen molar-refractivity contribution in [2.75, 3.05) is 5.32 Å². The number of rotatable bonds is 4. The minimum atomic E-state index is -0.568. The maximum absolute atomic E-state index is 14.5. The number of nitrogens with zero attached hydrogens (tertiary/aromatic N) is 4. The Morgan fingerprint density at radius 3 is 2.62 bits per heavy atom. The minimum Gasteiger partial charge on any atom is -0.307 e. The molecule has 39 heavy (non-hydrogen) atoms. The summed E-state index contributed by atoms with van der Waals surface area (Å²) in [6.07, 6.45) is 2.65. The molecule has 1 aliphatic heterocycles. The Morgan fingerprint density at radius 1 is 1.05 bits per heavy atom. The van der Waals surface area contributed by atoms with Gasteiger partial charge in [-0.05, 0) is 73.0 Å². The maximum atomic E-state index is 14.5. The van der Waals surface area contributed by atoms with Crippen LogP contribution in [0, 0.1) is 12.7 Å². The van der Waals surface area contributed by atoms with E-state index in [1.54, 1.807) is 17.0 Å². The van der Waals surface area contributed by atoms with Gasteiger partial charge in [0.25, 0.3) is 0 Å². The first-order chi connectivity index (χ1) is 18.9. The molecule has 3 heterocycles. The van der Waals surface area contributed by atoms with Gasteiger partial charge in [-0.25, -0.2) is 13.9 Å². The molecule has 0 spiro atoms. The summed E-state index contributed by atoms with van der Waals surface area (Å²) in [5, 5.41) is 8.43. The zero-order chi connectivity index (χ0) is 27.1. The number of hydrogen-bond donors (Lipinski definition) is 1. The van der Waals surface area contributed by atoms with Crippen LogP contribution in [0.2, 0.25) is 5.02 Å². The van der Waals surface area contributed by atoms with Crippen LogP contribution in [0.4, 0.5) is 14.9 Å². The SMILES string of the molecule is CCc1nn(-c2ccccc2)c2c1CN(C(=O)Nc1ccc(C)cc1Cl)C(c1cccc(F)c1)c1cccn1-2. The summed E-state index contributed by atoms with van der Waals surface area (Å²) < 4.78 is 18.5. The Hall–Kier alpha value is -4.36. The Kier molecular flexibility index (Phi) is 6.45. The van der Waals surface area contributed by atoms with E-state index in [1.165, 1.54) is 12.1 Å². The molecule has 0 aliphatic carbocycles. The van der Waals surface area contributed by atoms with Crippen molar-refractivity contribution in [3.8, 4) is 11.5 Å². The molecule has 0 fully saturated rings. The Balaban J connectivity index is 1.55. The molecule has 196 valence electrons. The maximum Gasteiger partial charge on any atom is 0.323 e. The molecule has 1 atom stereocenters. The van der Waals surface area contributed by atoms with Crippen molar-refractivity contribution < 1.29 is 9.18 Å². The molecule has 6 nitrogen and oxygen atoms in total. The quantitative estimate of drug-likeness (QED) is 0.258. The predicted octanol–water partition coefficient (Wildman–Crippen LogP) is 7.46. The van der Waals surface area contributed by atoms with Crippen molar-refractivity contribution in [3.63, 3.8) is 0 Å². The lowest BCUT2D eigenvalue weighted by Crippen LogP contribution is -2.38. The largest absolute Gasteiger partial charge is 0.323 e. The number of carbonyl (C=O) groups excluding carboxylic acids is 1. The molecule has 3 aromatic carbocycles. The van der Waals surface area contributed by atoms with Gasteiger partial charge in [0, 0.05) is 11.8 Å². The Bertz CT molecular complexity index is 1680. The van der Waals surface area contributed by atoms with Gasteiger partial charge in [0.05, 0.1) is 40.4 Å². The number of carbonyl (C=O) groups is 1. The van der Waals surface area contributed by atoms with Gasteiger partial charge in [-0.2, -0.15) is 5.10 Å². The highest BCUT2D eigenvalue weighted by Crippen LogP contribution is 2.39. The molecule has 0 bridgehead atoms. The lowest BCUT2D eigenvalue weighted by Gasteiger charge is -2.31. The molecule has 0 radical (unpaired) electrons. The number of nitrogens with one attached hydrogen (secondary N) is 1. The highest BCUT2D eigenvalue weighted by Gasteiger charge is 2.36. The molecule has 1 aliphatic rings. The lowest BCUT2D eigenvalue weighted by molar-refractivity contribution is 0.194. The van der Waals surface area contributed by atoms with Crippen molar-refractivity contribution >= 4 is 23.3 Å². The zero-order valence-corrected chi connectivity index (χ0v) is 22.4. The Labute approximate surface area is 231 Å². The second-order valence-corrected chi connectivity index (χ2v) is 10.1. The summed E-state index contributed by atoms with van der Waals surface area (Å²) in [5.41, 5.74) is 5.74. The van der Waals surface area contributed by atoms with E-state index in [9.17, 15) is 9.18 Å². The van der Waals surface area contributed by atoms with Gasteiger partial charge in [-0.1, -0.05) is 54.9 Å². The van der Waals surface area contributed by atoms with Crippen LogP contribution in [0.3, 0.4) is 0 Å². The zero-order valence-electron chi connectivity index (χ0n) is 21.6. The van der Waals surface area contributed by atoms with Gasteiger partial charge in [0.2, 0.25) is 0 Å². The molecular weight excluding hydrogens is 513 g/mol. The van der Waals surface area contributed by atoms with Crippen LogP contribution in [0.25, 0.3) is 11.5 Å². The number of amides is 2. The minimum absolute atomic E-state index is 0.267. The van der Waals surface area contributed by atoms with E-state index >= 15 is 0 Å². The standard InChI is InChI=1S/C31H27ClFN5O/c1-3-26-24-19-37(31(39)34-27-15-14-20(2)17-25(27)32)29(21-9-7-10-22(33)18-21)28-13-8-16-36(28)30(24)38(35-26)23-11-5-4-6-12-23/h4-18,29H,3,19H2,1-2H3,(H,34,39). The fourth-order valence-corrected chi connectivity index (χ4v) is 5.57. The van der Waals surface area contributed by atoms with Crippen LogP contribution < -0.4 is 5.32 Å². The van der Waals surface area contributed by atoms with E-state index < -0.39 is 6.04 Å².